The Bertz CT molecular complexity index is 663. The molecule has 2 fully saturated rings. The first-order chi connectivity index (χ1) is 12.2. The van der Waals surface area contributed by atoms with Gasteiger partial charge < -0.3 is 15.4 Å². The summed E-state index contributed by atoms with van der Waals surface area (Å²) in [5.74, 6) is 0.180. The van der Waals surface area contributed by atoms with Crippen molar-refractivity contribution in [1.29, 1.82) is 0 Å². The van der Waals surface area contributed by atoms with Crippen LogP contribution < -0.4 is 15.4 Å². The fourth-order valence-corrected chi connectivity index (χ4v) is 4.09. The number of amides is 2. The van der Waals surface area contributed by atoms with Gasteiger partial charge in [0.2, 0.25) is 0 Å². The van der Waals surface area contributed by atoms with Gasteiger partial charge in [-0.3, -0.25) is 0 Å². The molecule has 1 unspecified atom stereocenters. The van der Waals surface area contributed by atoms with E-state index < -0.39 is 12.8 Å². The minimum absolute atomic E-state index is 0.180. The molecule has 2 N–H and O–H groups in total. The summed E-state index contributed by atoms with van der Waals surface area (Å²) in [7, 11) is 0. The van der Waals surface area contributed by atoms with Gasteiger partial charge in [0.25, 0.3) is 0 Å². The Morgan fingerprint density at radius 3 is 2.62 bits per heavy atom. The third kappa shape index (κ3) is 4.24. The van der Waals surface area contributed by atoms with Crippen LogP contribution in [0.25, 0.3) is 0 Å². The lowest BCUT2D eigenvalue weighted by Gasteiger charge is -2.54. The van der Waals surface area contributed by atoms with Crippen LogP contribution in [-0.4, -0.2) is 24.9 Å². The minimum Gasteiger partial charge on any atom is -0.484 e. The standard InChI is InChI=1S/C19H25F3N2O2/c1-12-15(5-3-6-16(12)26-11-19(20,21)22)13(2)23-17(25)24-14-9-18(10-14)7-4-8-18/h3,5-6,13-14H,4,7-11H2,1-2H3,(H2,23,24,25). The zero-order chi connectivity index (χ0) is 18.9. The van der Waals surface area contributed by atoms with E-state index in [1.54, 1.807) is 19.1 Å². The van der Waals surface area contributed by atoms with Gasteiger partial charge >= 0.3 is 12.2 Å². The second-order valence-electron chi connectivity index (χ2n) is 7.67. The largest absolute Gasteiger partial charge is 0.484 e. The number of benzene rings is 1. The van der Waals surface area contributed by atoms with Crippen molar-refractivity contribution in [2.75, 3.05) is 6.61 Å². The van der Waals surface area contributed by atoms with E-state index in [-0.39, 0.29) is 23.9 Å². The first-order valence-corrected chi connectivity index (χ1v) is 9.04. The van der Waals surface area contributed by atoms with E-state index in [2.05, 4.69) is 10.6 Å². The Kier molecular flexibility index (Phi) is 5.08. The number of halogens is 3. The molecule has 2 amide bonds. The molecule has 2 aliphatic rings. The van der Waals surface area contributed by atoms with Gasteiger partial charge in [0, 0.05) is 6.04 Å². The number of nitrogens with one attached hydrogen (secondary N) is 2. The molecule has 4 nitrogen and oxygen atoms in total. The normalized spacial score (nSPS) is 20.0. The van der Waals surface area contributed by atoms with Gasteiger partial charge in [0.15, 0.2) is 6.61 Å². The zero-order valence-electron chi connectivity index (χ0n) is 15.1. The van der Waals surface area contributed by atoms with E-state index in [0.717, 1.165) is 18.4 Å². The molecule has 0 bridgehead atoms. The molecule has 26 heavy (non-hydrogen) atoms. The Balaban J connectivity index is 1.53. The molecular weight excluding hydrogens is 345 g/mol. The third-order valence-electron chi connectivity index (χ3n) is 5.64. The molecule has 1 atom stereocenters. The van der Waals surface area contributed by atoms with Crippen LogP contribution in [0.3, 0.4) is 0 Å². The van der Waals surface area contributed by atoms with Crippen molar-refractivity contribution in [2.24, 2.45) is 5.41 Å². The van der Waals surface area contributed by atoms with Gasteiger partial charge in [-0.05, 0) is 62.1 Å². The Morgan fingerprint density at radius 1 is 1.35 bits per heavy atom. The molecule has 1 aromatic rings. The molecule has 2 aliphatic carbocycles. The molecule has 1 aromatic carbocycles. The Labute approximate surface area is 151 Å². The number of rotatable bonds is 5. The van der Waals surface area contributed by atoms with Gasteiger partial charge in [-0.1, -0.05) is 18.6 Å². The maximum atomic E-state index is 12.4. The number of hydrogen-bond donors (Lipinski definition) is 2. The van der Waals surface area contributed by atoms with Crippen LogP contribution in [0.2, 0.25) is 0 Å². The summed E-state index contributed by atoms with van der Waals surface area (Å²) in [6, 6.07) is 4.58. The lowest BCUT2D eigenvalue weighted by molar-refractivity contribution is -0.153. The maximum Gasteiger partial charge on any atom is 0.422 e. The lowest BCUT2D eigenvalue weighted by Crippen LogP contribution is -2.55. The molecule has 7 heteroatoms. The first-order valence-electron chi connectivity index (χ1n) is 9.04. The molecule has 1 spiro atoms. The summed E-state index contributed by atoms with van der Waals surface area (Å²) >= 11 is 0. The monoisotopic (exact) mass is 370 g/mol. The van der Waals surface area contributed by atoms with Crippen molar-refractivity contribution in [1.82, 2.24) is 10.6 Å². The number of urea groups is 1. The molecule has 0 radical (unpaired) electrons. The third-order valence-corrected chi connectivity index (χ3v) is 5.64. The average molecular weight is 370 g/mol. The van der Waals surface area contributed by atoms with E-state index >= 15 is 0 Å². The Hall–Kier alpha value is -1.92. The maximum absolute atomic E-state index is 12.4. The van der Waals surface area contributed by atoms with Crippen LogP contribution >= 0.6 is 0 Å². The summed E-state index contributed by atoms with van der Waals surface area (Å²) in [6.45, 7) is 2.18. The molecule has 0 heterocycles. The molecule has 0 aliphatic heterocycles. The van der Waals surface area contributed by atoms with Crippen molar-refractivity contribution in [2.45, 2.75) is 64.2 Å². The predicted molar refractivity (Wildman–Crippen MR) is 92.1 cm³/mol. The lowest BCUT2D eigenvalue weighted by atomic mass is 9.54. The van der Waals surface area contributed by atoms with Gasteiger partial charge in [-0.15, -0.1) is 0 Å². The van der Waals surface area contributed by atoms with E-state index in [9.17, 15) is 18.0 Å². The number of carbonyl (C=O) groups excluding carboxylic acids is 1. The second-order valence-corrected chi connectivity index (χ2v) is 7.67. The van der Waals surface area contributed by atoms with E-state index in [1.807, 2.05) is 6.92 Å². The molecule has 0 aromatic heterocycles. The average Bonchev–Trinajstić information content (AvgIpc) is 2.46. The van der Waals surface area contributed by atoms with Gasteiger partial charge in [0.05, 0.1) is 6.04 Å². The minimum atomic E-state index is -4.38. The van der Waals surface area contributed by atoms with Crippen LogP contribution in [0.4, 0.5) is 18.0 Å². The van der Waals surface area contributed by atoms with Gasteiger partial charge in [0.1, 0.15) is 5.75 Å². The van der Waals surface area contributed by atoms with Crippen molar-refractivity contribution in [3.8, 4) is 5.75 Å². The summed E-state index contributed by atoms with van der Waals surface area (Å²) in [5.41, 5.74) is 1.83. The molecule has 0 saturated heterocycles. The van der Waals surface area contributed by atoms with Gasteiger partial charge in [-0.25, -0.2) is 4.79 Å². The molecule has 144 valence electrons. The van der Waals surface area contributed by atoms with Crippen LogP contribution in [0.1, 0.15) is 56.2 Å². The van der Waals surface area contributed by atoms with Crippen molar-refractivity contribution >= 4 is 6.03 Å². The Morgan fingerprint density at radius 2 is 2.04 bits per heavy atom. The van der Waals surface area contributed by atoms with Crippen LogP contribution in [-0.2, 0) is 0 Å². The molecule has 3 rings (SSSR count). The summed E-state index contributed by atoms with van der Waals surface area (Å²) in [5, 5.41) is 5.86. The highest BCUT2D eigenvalue weighted by atomic mass is 19.4. The van der Waals surface area contributed by atoms with Crippen molar-refractivity contribution < 1.29 is 22.7 Å². The molecular formula is C19H25F3N2O2. The van der Waals surface area contributed by atoms with Gasteiger partial charge in [-0.2, -0.15) is 13.2 Å². The van der Waals surface area contributed by atoms with E-state index in [0.29, 0.717) is 11.0 Å². The summed E-state index contributed by atoms with van der Waals surface area (Å²) in [6.07, 6.45) is 1.55. The number of hydrogen-bond acceptors (Lipinski definition) is 2. The highest BCUT2D eigenvalue weighted by Crippen LogP contribution is 2.55. The smallest absolute Gasteiger partial charge is 0.422 e. The SMILES string of the molecule is Cc1c(OCC(F)(F)F)cccc1C(C)NC(=O)NC1CC2(CCC2)C1. The topological polar surface area (TPSA) is 50.4 Å². The number of alkyl halides is 3. The van der Waals surface area contributed by atoms with E-state index in [1.165, 1.54) is 25.3 Å². The second kappa shape index (κ2) is 7.00. The van der Waals surface area contributed by atoms with E-state index in [4.69, 9.17) is 4.74 Å². The first kappa shape index (κ1) is 18.9. The zero-order valence-corrected chi connectivity index (χ0v) is 15.1. The highest BCUT2D eigenvalue weighted by Gasteiger charge is 2.48. The summed E-state index contributed by atoms with van der Waals surface area (Å²) in [4.78, 5) is 12.2. The number of carbonyl (C=O) groups is 1. The van der Waals surface area contributed by atoms with Crippen LogP contribution in [0, 0.1) is 12.3 Å². The fourth-order valence-electron chi connectivity index (χ4n) is 4.09. The fraction of sp³-hybridized carbons (Fsp3) is 0.632. The van der Waals surface area contributed by atoms with Crippen molar-refractivity contribution in [3.05, 3.63) is 29.3 Å². The molecule has 2 saturated carbocycles. The van der Waals surface area contributed by atoms with Crippen LogP contribution in [0.15, 0.2) is 18.2 Å². The van der Waals surface area contributed by atoms with Crippen molar-refractivity contribution in [3.63, 3.8) is 0 Å². The quantitative estimate of drug-likeness (QED) is 0.794. The van der Waals surface area contributed by atoms with Crippen LogP contribution in [0.5, 0.6) is 5.75 Å². The summed E-state index contributed by atoms with van der Waals surface area (Å²) < 4.78 is 42.0. The number of ether oxygens (including phenoxy) is 1. The highest BCUT2D eigenvalue weighted by molar-refractivity contribution is 5.75. The predicted octanol–water partition coefficient (Wildman–Crippen LogP) is 4.63.